The van der Waals surface area contributed by atoms with Crippen molar-refractivity contribution in [3.63, 3.8) is 0 Å². The minimum Gasteiger partial charge on any atom is -0.336 e. The molecule has 1 unspecified atom stereocenters. The van der Waals surface area contributed by atoms with Gasteiger partial charge in [-0.05, 0) is 31.1 Å². The van der Waals surface area contributed by atoms with Gasteiger partial charge in [0.15, 0.2) is 0 Å². The standard InChI is InChI=1S/C11H16F2N2O/c12-11(13)2-1-7-3-10(4-8(7)5-11)6-14-9(16)15-10/h7-8H,1-6H2,(H2,14,15,16)/t7-,8+,10?/m0/s1. The van der Waals surface area contributed by atoms with E-state index >= 15 is 0 Å². The maximum atomic E-state index is 13.3. The third kappa shape index (κ3) is 1.57. The zero-order chi connectivity index (χ0) is 11.4. The number of carbonyl (C=O) groups is 1. The van der Waals surface area contributed by atoms with E-state index in [-0.39, 0.29) is 30.3 Å². The number of hydrogen-bond acceptors (Lipinski definition) is 1. The molecular weight excluding hydrogens is 214 g/mol. The van der Waals surface area contributed by atoms with Crippen LogP contribution in [0.25, 0.3) is 0 Å². The monoisotopic (exact) mass is 230 g/mol. The van der Waals surface area contributed by atoms with Gasteiger partial charge in [0.05, 0.1) is 5.54 Å². The number of rotatable bonds is 0. The Morgan fingerprint density at radius 3 is 2.62 bits per heavy atom. The van der Waals surface area contributed by atoms with Gasteiger partial charge in [-0.25, -0.2) is 13.6 Å². The molecule has 0 radical (unpaired) electrons. The Balaban J connectivity index is 1.75. The quantitative estimate of drug-likeness (QED) is 0.655. The first kappa shape index (κ1) is 10.3. The molecular formula is C11H16F2N2O. The van der Waals surface area contributed by atoms with E-state index in [0.29, 0.717) is 25.3 Å². The number of halogens is 2. The SMILES string of the molecule is O=C1NCC2(C[C@@H]3CCC(F)(F)C[C@H]3C2)N1. The van der Waals surface area contributed by atoms with Crippen LogP contribution in [0.3, 0.4) is 0 Å². The summed E-state index contributed by atoms with van der Waals surface area (Å²) in [4.78, 5) is 11.2. The van der Waals surface area contributed by atoms with Crippen LogP contribution in [0.5, 0.6) is 0 Å². The molecule has 2 N–H and O–H groups in total. The molecule has 1 spiro atoms. The first-order chi connectivity index (χ1) is 7.48. The highest BCUT2D eigenvalue weighted by atomic mass is 19.3. The Labute approximate surface area is 93.0 Å². The summed E-state index contributed by atoms with van der Waals surface area (Å²) in [6.07, 6.45) is 2.22. The van der Waals surface area contributed by atoms with Gasteiger partial charge in [0.2, 0.25) is 5.92 Å². The number of nitrogens with one attached hydrogen (secondary N) is 2. The lowest BCUT2D eigenvalue weighted by molar-refractivity contribution is -0.0634. The van der Waals surface area contributed by atoms with Crippen LogP contribution in [-0.4, -0.2) is 24.0 Å². The predicted octanol–water partition coefficient (Wildman–Crippen LogP) is 1.88. The molecule has 0 bridgehead atoms. The van der Waals surface area contributed by atoms with Gasteiger partial charge in [0.1, 0.15) is 0 Å². The van der Waals surface area contributed by atoms with Crippen LogP contribution in [0.2, 0.25) is 0 Å². The van der Waals surface area contributed by atoms with E-state index < -0.39 is 5.92 Å². The normalized spacial score (nSPS) is 45.2. The average molecular weight is 230 g/mol. The lowest BCUT2D eigenvalue weighted by Crippen LogP contribution is -2.41. The lowest BCUT2D eigenvalue weighted by atomic mass is 9.80. The molecule has 5 heteroatoms. The Hall–Kier alpha value is -0.870. The summed E-state index contributed by atoms with van der Waals surface area (Å²) >= 11 is 0. The van der Waals surface area contributed by atoms with E-state index in [2.05, 4.69) is 10.6 Å². The number of hydrogen-bond donors (Lipinski definition) is 2. The molecule has 90 valence electrons. The fraction of sp³-hybridized carbons (Fsp3) is 0.909. The van der Waals surface area contributed by atoms with E-state index in [1.165, 1.54) is 0 Å². The predicted molar refractivity (Wildman–Crippen MR) is 54.3 cm³/mol. The lowest BCUT2D eigenvalue weighted by Gasteiger charge is -2.31. The summed E-state index contributed by atoms with van der Waals surface area (Å²) in [5, 5.41) is 5.66. The number of alkyl halides is 2. The summed E-state index contributed by atoms with van der Waals surface area (Å²) in [5.41, 5.74) is -0.229. The summed E-state index contributed by atoms with van der Waals surface area (Å²) in [5.74, 6) is -2.02. The van der Waals surface area contributed by atoms with Gasteiger partial charge in [-0.1, -0.05) is 0 Å². The fourth-order valence-corrected chi connectivity index (χ4v) is 3.70. The molecule has 0 aromatic rings. The van der Waals surface area contributed by atoms with Gasteiger partial charge in [-0.3, -0.25) is 0 Å². The van der Waals surface area contributed by atoms with E-state index in [4.69, 9.17) is 0 Å². The zero-order valence-electron chi connectivity index (χ0n) is 9.06. The van der Waals surface area contributed by atoms with Crippen LogP contribution in [0, 0.1) is 11.8 Å². The van der Waals surface area contributed by atoms with Gasteiger partial charge in [0, 0.05) is 19.4 Å². The van der Waals surface area contributed by atoms with Crippen molar-refractivity contribution in [3.05, 3.63) is 0 Å². The van der Waals surface area contributed by atoms with Crippen LogP contribution in [-0.2, 0) is 0 Å². The van der Waals surface area contributed by atoms with Crippen molar-refractivity contribution < 1.29 is 13.6 Å². The average Bonchev–Trinajstić information content (AvgIpc) is 2.68. The highest BCUT2D eigenvalue weighted by Crippen LogP contribution is 2.51. The van der Waals surface area contributed by atoms with E-state index in [1.807, 2.05) is 0 Å². The molecule has 0 aromatic carbocycles. The van der Waals surface area contributed by atoms with Crippen molar-refractivity contribution >= 4 is 6.03 Å². The van der Waals surface area contributed by atoms with Crippen molar-refractivity contribution in [2.75, 3.05) is 6.54 Å². The molecule has 2 aliphatic carbocycles. The fourth-order valence-electron chi connectivity index (χ4n) is 3.70. The molecule has 3 atom stereocenters. The maximum absolute atomic E-state index is 13.3. The minimum atomic E-state index is -2.48. The molecule has 3 nitrogen and oxygen atoms in total. The molecule has 2 amide bonds. The highest BCUT2D eigenvalue weighted by molar-refractivity contribution is 5.77. The number of fused-ring (bicyclic) bond motifs is 1. The van der Waals surface area contributed by atoms with Crippen molar-refractivity contribution in [2.24, 2.45) is 11.8 Å². The Morgan fingerprint density at radius 1 is 1.19 bits per heavy atom. The Kier molecular flexibility index (Phi) is 1.98. The van der Waals surface area contributed by atoms with Crippen molar-refractivity contribution in [2.45, 2.75) is 43.6 Å². The third-order valence-corrected chi connectivity index (χ3v) is 4.38. The summed E-state index contributed by atoms with van der Waals surface area (Å²) in [6, 6.07) is -0.148. The second-order valence-electron chi connectivity index (χ2n) is 5.62. The molecule has 2 saturated carbocycles. The highest BCUT2D eigenvalue weighted by Gasteiger charge is 2.53. The summed E-state index contributed by atoms with van der Waals surface area (Å²) in [7, 11) is 0. The van der Waals surface area contributed by atoms with Crippen molar-refractivity contribution in [1.29, 1.82) is 0 Å². The third-order valence-electron chi connectivity index (χ3n) is 4.38. The Bertz CT molecular complexity index is 334. The second-order valence-corrected chi connectivity index (χ2v) is 5.62. The van der Waals surface area contributed by atoms with E-state index in [0.717, 1.165) is 6.42 Å². The zero-order valence-corrected chi connectivity index (χ0v) is 9.06. The summed E-state index contributed by atoms with van der Waals surface area (Å²) in [6.45, 7) is 0.602. The van der Waals surface area contributed by atoms with Crippen molar-refractivity contribution in [1.82, 2.24) is 10.6 Å². The van der Waals surface area contributed by atoms with Gasteiger partial charge < -0.3 is 10.6 Å². The van der Waals surface area contributed by atoms with Crippen LogP contribution in [0.1, 0.15) is 32.1 Å². The number of carbonyl (C=O) groups excluding carboxylic acids is 1. The van der Waals surface area contributed by atoms with E-state index in [1.54, 1.807) is 0 Å². The van der Waals surface area contributed by atoms with Gasteiger partial charge in [0.25, 0.3) is 0 Å². The van der Waals surface area contributed by atoms with Crippen LogP contribution < -0.4 is 10.6 Å². The molecule has 3 aliphatic rings. The molecule has 16 heavy (non-hydrogen) atoms. The van der Waals surface area contributed by atoms with E-state index in [9.17, 15) is 13.6 Å². The first-order valence-electron chi connectivity index (χ1n) is 5.92. The molecule has 0 aromatic heterocycles. The molecule has 1 heterocycles. The first-order valence-corrected chi connectivity index (χ1v) is 5.92. The van der Waals surface area contributed by atoms with Gasteiger partial charge in [-0.15, -0.1) is 0 Å². The topological polar surface area (TPSA) is 41.1 Å². The largest absolute Gasteiger partial charge is 0.336 e. The number of urea groups is 1. The smallest absolute Gasteiger partial charge is 0.315 e. The van der Waals surface area contributed by atoms with Crippen LogP contribution in [0.15, 0.2) is 0 Å². The minimum absolute atomic E-state index is 0.00921. The van der Waals surface area contributed by atoms with Crippen molar-refractivity contribution in [3.8, 4) is 0 Å². The Morgan fingerprint density at radius 2 is 1.94 bits per heavy atom. The van der Waals surface area contributed by atoms with Gasteiger partial charge in [-0.2, -0.15) is 0 Å². The second kappa shape index (κ2) is 3.08. The molecule has 3 rings (SSSR count). The molecule has 3 fully saturated rings. The van der Waals surface area contributed by atoms with Gasteiger partial charge >= 0.3 is 6.03 Å². The summed E-state index contributed by atoms with van der Waals surface area (Å²) < 4.78 is 26.6. The molecule has 1 aliphatic heterocycles. The van der Waals surface area contributed by atoms with Crippen LogP contribution in [0.4, 0.5) is 13.6 Å². The molecule has 1 saturated heterocycles. The van der Waals surface area contributed by atoms with Crippen LogP contribution >= 0.6 is 0 Å². The maximum Gasteiger partial charge on any atom is 0.315 e. The number of amides is 2.